The standard InChI is InChI=1S/C7H9BrN2/c1-5(2)6-3-9-7(8)10-4-6/h3-5H,1-2H3. The molecular formula is C7H9BrN2. The molecule has 10 heavy (non-hydrogen) atoms. The van der Waals surface area contributed by atoms with E-state index in [0.717, 1.165) is 0 Å². The Bertz CT molecular complexity index is 205. The number of halogens is 1. The van der Waals surface area contributed by atoms with Gasteiger partial charge in [0.25, 0.3) is 0 Å². The topological polar surface area (TPSA) is 25.8 Å². The van der Waals surface area contributed by atoms with E-state index in [1.165, 1.54) is 5.56 Å². The van der Waals surface area contributed by atoms with E-state index in [1.807, 2.05) is 12.4 Å². The SMILES string of the molecule is CC(C)c1cnc(Br)nc1. The fourth-order valence-electron chi connectivity index (χ4n) is 0.620. The van der Waals surface area contributed by atoms with Crippen molar-refractivity contribution in [2.24, 2.45) is 0 Å². The summed E-state index contributed by atoms with van der Waals surface area (Å²) in [7, 11) is 0. The van der Waals surface area contributed by atoms with E-state index in [-0.39, 0.29) is 0 Å². The molecule has 0 unspecified atom stereocenters. The lowest BCUT2D eigenvalue weighted by Crippen LogP contribution is -1.90. The van der Waals surface area contributed by atoms with Crippen LogP contribution in [0.25, 0.3) is 0 Å². The van der Waals surface area contributed by atoms with Crippen molar-refractivity contribution in [1.82, 2.24) is 9.97 Å². The quantitative estimate of drug-likeness (QED) is 0.651. The van der Waals surface area contributed by atoms with Gasteiger partial charge in [0.05, 0.1) is 0 Å². The lowest BCUT2D eigenvalue weighted by Gasteiger charge is -2.01. The molecule has 54 valence electrons. The lowest BCUT2D eigenvalue weighted by molar-refractivity contribution is 0.841. The fourth-order valence-corrected chi connectivity index (χ4v) is 0.825. The molecule has 0 spiro atoms. The molecule has 0 aliphatic rings. The van der Waals surface area contributed by atoms with Crippen molar-refractivity contribution in [2.75, 3.05) is 0 Å². The Kier molecular flexibility index (Phi) is 2.38. The van der Waals surface area contributed by atoms with E-state index in [2.05, 4.69) is 39.7 Å². The Labute approximate surface area is 68.8 Å². The van der Waals surface area contributed by atoms with Crippen molar-refractivity contribution in [1.29, 1.82) is 0 Å². The van der Waals surface area contributed by atoms with Gasteiger partial charge in [-0.1, -0.05) is 13.8 Å². The summed E-state index contributed by atoms with van der Waals surface area (Å²) in [5.41, 5.74) is 1.17. The van der Waals surface area contributed by atoms with Gasteiger partial charge in [-0.25, -0.2) is 9.97 Å². The maximum atomic E-state index is 4.01. The first-order valence-electron chi connectivity index (χ1n) is 3.17. The number of rotatable bonds is 1. The molecule has 0 aromatic carbocycles. The third kappa shape index (κ3) is 1.77. The lowest BCUT2D eigenvalue weighted by atomic mass is 10.1. The molecule has 1 aromatic rings. The summed E-state index contributed by atoms with van der Waals surface area (Å²) < 4.78 is 0.650. The van der Waals surface area contributed by atoms with E-state index in [0.29, 0.717) is 10.7 Å². The molecule has 0 aliphatic carbocycles. The number of hydrogen-bond donors (Lipinski definition) is 0. The van der Waals surface area contributed by atoms with E-state index in [4.69, 9.17) is 0 Å². The summed E-state index contributed by atoms with van der Waals surface area (Å²) in [6.07, 6.45) is 3.67. The molecule has 1 rings (SSSR count). The van der Waals surface area contributed by atoms with Gasteiger partial charge in [0.15, 0.2) is 4.73 Å². The minimum atomic E-state index is 0.507. The molecule has 3 heteroatoms. The van der Waals surface area contributed by atoms with Gasteiger partial charge < -0.3 is 0 Å². The highest BCUT2D eigenvalue weighted by Crippen LogP contribution is 2.11. The molecule has 2 nitrogen and oxygen atoms in total. The van der Waals surface area contributed by atoms with Crippen LogP contribution in [0, 0.1) is 0 Å². The molecule has 0 saturated heterocycles. The Balaban J connectivity index is 2.89. The van der Waals surface area contributed by atoms with Crippen molar-refractivity contribution in [2.45, 2.75) is 19.8 Å². The van der Waals surface area contributed by atoms with Gasteiger partial charge in [-0.2, -0.15) is 0 Å². The summed E-state index contributed by atoms with van der Waals surface area (Å²) >= 11 is 3.17. The molecule has 0 bridgehead atoms. The average Bonchev–Trinajstić information content (AvgIpc) is 1.88. The van der Waals surface area contributed by atoms with Crippen molar-refractivity contribution in [3.8, 4) is 0 Å². The normalized spacial score (nSPS) is 10.4. The molecule has 0 N–H and O–H groups in total. The van der Waals surface area contributed by atoms with Gasteiger partial charge in [-0.15, -0.1) is 0 Å². The van der Waals surface area contributed by atoms with Gasteiger partial charge in [-0.3, -0.25) is 0 Å². The van der Waals surface area contributed by atoms with Crippen molar-refractivity contribution in [3.63, 3.8) is 0 Å². The Morgan fingerprint density at radius 1 is 1.30 bits per heavy atom. The van der Waals surface area contributed by atoms with Crippen LogP contribution in [0.4, 0.5) is 0 Å². The Morgan fingerprint density at radius 2 is 1.80 bits per heavy atom. The minimum absolute atomic E-state index is 0.507. The molecule has 1 aromatic heterocycles. The molecule has 0 amide bonds. The molecule has 0 aliphatic heterocycles. The first-order chi connectivity index (χ1) is 4.70. The van der Waals surface area contributed by atoms with E-state index in [9.17, 15) is 0 Å². The zero-order chi connectivity index (χ0) is 7.56. The summed E-state index contributed by atoms with van der Waals surface area (Å²) in [5.74, 6) is 0.507. The van der Waals surface area contributed by atoms with Crippen LogP contribution in [-0.2, 0) is 0 Å². The zero-order valence-corrected chi connectivity index (χ0v) is 7.59. The summed E-state index contributed by atoms with van der Waals surface area (Å²) in [6, 6.07) is 0. The second-order valence-electron chi connectivity index (χ2n) is 2.44. The Morgan fingerprint density at radius 3 is 2.20 bits per heavy atom. The average molecular weight is 201 g/mol. The Hall–Kier alpha value is -0.440. The zero-order valence-electron chi connectivity index (χ0n) is 6.00. The highest BCUT2D eigenvalue weighted by molar-refractivity contribution is 9.10. The maximum Gasteiger partial charge on any atom is 0.196 e. The summed E-state index contributed by atoms with van der Waals surface area (Å²) in [5, 5.41) is 0. The number of hydrogen-bond acceptors (Lipinski definition) is 2. The van der Waals surface area contributed by atoms with Crippen LogP contribution in [0.5, 0.6) is 0 Å². The van der Waals surface area contributed by atoms with Crippen LogP contribution >= 0.6 is 15.9 Å². The van der Waals surface area contributed by atoms with Crippen LogP contribution in [0.1, 0.15) is 25.3 Å². The second kappa shape index (κ2) is 3.10. The number of aromatic nitrogens is 2. The third-order valence-electron chi connectivity index (χ3n) is 1.31. The molecular weight excluding hydrogens is 192 g/mol. The monoisotopic (exact) mass is 200 g/mol. The molecule has 0 radical (unpaired) electrons. The first kappa shape index (κ1) is 7.66. The number of nitrogens with zero attached hydrogens (tertiary/aromatic N) is 2. The minimum Gasteiger partial charge on any atom is -0.230 e. The van der Waals surface area contributed by atoms with Crippen molar-refractivity contribution >= 4 is 15.9 Å². The van der Waals surface area contributed by atoms with Gasteiger partial charge in [0.2, 0.25) is 0 Å². The van der Waals surface area contributed by atoms with Crippen molar-refractivity contribution < 1.29 is 0 Å². The van der Waals surface area contributed by atoms with Crippen LogP contribution in [0.3, 0.4) is 0 Å². The van der Waals surface area contributed by atoms with Crippen LogP contribution in [-0.4, -0.2) is 9.97 Å². The molecule has 0 atom stereocenters. The van der Waals surface area contributed by atoms with Crippen LogP contribution in [0.2, 0.25) is 0 Å². The van der Waals surface area contributed by atoms with Crippen LogP contribution in [0.15, 0.2) is 17.1 Å². The van der Waals surface area contributed by atoms with Gasteiger partial charge >= 0.3 is 0 Å². The largest absolute Gasteiger partial charge is 0.230 e. The highest BCUT2D eigenvalue weighted by atomic mass is 79.9. The first-order valence-corrected chi connectivity index (χ1v) is 3.97. The van der Waals surface area contributed by atoms with Crippen LogP contribution < -0.4 is 0 Å². The van der Waals surface area contributed by atoms with Gasteiger partial charge in [0.1, 0.15) is 0 Å². The maximum absolute atomic E-state index is 4.01. The van der Waals surface area contributed by atoms with E-state index >= 15 is 0 Å². The third-order valence-corrected chi connectivity index (χ3v) is 1.72. The molecule has 0 saturated carbocycles. The second-order valence-corrected chi connectivity index (χ2v) is 3.15. The van der Waals surface area contributed by atoms with Gasteiger partial charge in [0, 0.05) is 12.4 Å². The molecule has 0 fully saturated rings. The smallest absolute Gasteiger partial charge is 0.196 e. The summed E-state index contributed by atoms with van der Waals surface area (Å²) in [6.45, 7) is 4.24. The van der Waals surface area contributed by atoms with Gasteiger partial charge in [-0.05, 0) is 27.4 Å². The van der Waals surface area contributed by atoms with E-state index in [1.54, 1.807) is 0 Å². The predicted molar refractivity (Wildman–Crippen MR) is 43.8 cm³/mol. The molecule has 1 heterocycles. The fraction of sp³-hybridized carbons (Fsp3) is 0.429. The highest BCUT2D eigenvalue weighted by Gasteiger charge is 1.98. The summed E-state index contributed by atoms with van der Waals surface area (Å²) in [4.78, 5) is 8.01. The predicted octanol–water partition coefficient (Wildman–Crippen LogP) is 2.36. The van der Waals surface area contributed by atoms with E-state index < -0.39 is 0 Å². The van der Waals surface area contributed by atoms with Crippen molar-refractivity contribution in [3.05, 3.63) is 22.7 Å².